The third-order valence-corrected chi connectivity index (χ3v) is 7.07. The van der Waals surface area contributed by atoms with E-state index in [4.69, 9.17) is 4.74 Å². The van der Waals surface area contributed by atoms with Gasteiger partial charge in [-0.05, 0) is 61.1 Å². The van der Waals surface area contributed by atoms with E-state index < -0.39 is 0 Å². The Morgan fingerprint density at radius 3 is 2.61 bits per heavy atom. The second-order valence-electron chi connectivity index (χ2n) is 7.89. The topological polar surface area (TPSA) is 45.6 Å². The number of hydrogen-bond acceptors (Lipinski definition) is 5. The van der Waals surface area contributed by atoms with Crippen molar-refractivity contribution in [3.63, 3.8) is 0 Å². The van der Waals surface area contributed by atoms with Gasteiger partial charge in [0.15, 0.2) is 0 Å². The maximum absolute atomic E-state index is 9.40. The molecule has 1 N–H and O–H groups in total. The predicted octanol–water partition coefficient (Wildman–Crippen LogP) is 4.78. The third kappa shape index (κ3) is 3.69. The van der Waals surface area contributed by atoms with E-state index in [1.54, 1.807) is 12.1 Å². The summed E-state index contributed by atoms with van der Waals surface area (Å²) < 4.78 is 6.43. The smallest absolute Gasteiger partial charge is 0.127 e. The molecule has 4 nitrogen and oxygen atoms in total. The van der Waals surface area contributed by atoms with Crippen LogP contribution < -0.4 is 4.74 Å². The summed E-state index contributed by atoms with van der Waals surface area (Å²) in [6.45, 7) is 2.32. The average molecular weight is 393 g/mol. The standard InChI is InChI=1S/C23H24N2O2S/c26-19-4-6-21(7-5-19)28-15-25-13-17-10-20(11-18(17)14-25)27-23-3-1-2-16-12-24-9-8-22(16)23/h1-9,12,17-18,20,26H,10-11,13-15H2/t17-,18+,20?. The second-order valence-corrected chi connectivity index (χ2v) is 8.91. The molecule has 1 aromatic heterocycles. The van der Waals surface area contributed by atoms with Gasteiger partial charge >= 0.3 is 0 Å². The molecule has 2 heterocycles. The maximum Gasteiger partial charge on any atom is 0.127 e. The Morgan fingerprint density at radius 1 is 1.04 bits per heavy atom. The fourth-order valence-corrected chi connectivity index (χ4v) is 5.50. The number of hydrogen-bond donors (Lipinski definition) is 1. The molecule has 0 radical (unpaired) electrons. The Bertz CT molecular complexity index is 943. The minimum Gasteiger partial charge on any atom is -0.508 e. The van der Waals surface area contributed by atoms with E-state index in [2.05, 4.69) is 28.1 Å². The Balaban J connectivity index is 1.16. The van der Waals surface area contributed by atoms with Gasteiger partial charge in [-0.2, -0.15) is 0 Å². The van der Waals surface area contributed by atoms with E-state index >= 15 is 0 Å². The van der Waals surface area contributed by atoms with Gasteiger partial charge in [-0.1, -0.05) is 12.1 Å². The lowest BCUT2D eigenvalue weighted by molar-refractivity contribution is 0.192. The van der Waals surface area contributed by atoms with E-state index in [0.29, 0.717) is 11.9 Å². The molecule has 0 spiro atoms. The molecule has 0 amide bonds. The summed E-state index contributed by atoms with van der Waals surface area (Å²) in [4.78, 5) is 7.98. The van der Waals surface area contributed by atoms with Crippen molar-refractivity contribution in [2.24, 2.45) is 11.8 Å². The van der Waals surface area contributed by atoms with Crippen molar-refractivity contribution in [2.45, 2.75) is 23.8 Å². The van der Waals surface area contributed by atoms with Crippen molar-refractivity contribution >= 4 is 22.5 Å². The average Bonchev–Trinajstić information content (AvgIpc) is 3.26. The summed E-state index contributed by atoms with van der Waals surface area (Å²) >= 11 is 1.85. The van der Waals surface area contributed by atoms with Crippen molar-refractivity contribution < 1.29 is 9.84 Å². The number of aromatic hydroxyl groups is 1. The Kier molecular flexibility index (Phi) is 4.87. The summed E-state index contributed by atoms with van der Waals surface area (Å²) in [6, 6.07) is 15.7. The molecule has 1 aliphatic carbocycles. The van der Waals surface area contributed by atoms with Gasteiger partial charge in [-0.25, -0.2) is 0 Å². The molecule has 1 aliphatic heterocycles. The molecule has 2 aliphatic rings. The van der Waals surface area contributed by atoms with Crippen LogP contribution in [0.15, 0.2) is 65.8 Å². The van der Waals surface area contributed by atoms with E-state index in [1.165, 1.54) is 4.90 Å². The molecule has 144 valence electrons. The molecular weight excluding hydrogens is 368 g/mol. The number of benzene rings is 2. The summed E-state index contributed by atoms with van der Waals surface area (Å²) in [5.74, 6) is 3.81. The highest BCUT2D eigenvalue weighted by molar-refractivity contribution is 7.99. The summed E-state index contributed by atoms with van der Waals surface area (Å²) in [7, 11) is 0. The Hall–Kier alpha value is -2.24. The maximum atomic E-state index is 9.40. The van der Waals surface area contributed by atoms with Gasteiger partial charge in [0.1, 0.15) is 11.5 Å². The van der Waals surface area contributed by atoms with Crippen molar-refractivity contribution in [3.8, 4) is 11.5 Å². The van der Waals surface area contributed by atoms with Crippen LogP contribution in [0.5, 0.6) is 11.5 Å². The first kappa shape index (κ1) is 17.8. The molecule has 2 fully saturated rings. The number of ether oxygens (including phenoxy) is 1. The molecule has 5 heteroatoms. The number of aromatic nitrogens is 1. The summed E-state index contributed by atoms with van der Waals surface area (Å²) in [5, 5.41) is 11.7. The molecule has 1 saturated carbocycles. The highest BCUT2D eigenvalue weighted by atomic mass is 32.2. The molecule has 28 heavy (non-hydrogen) atoms. The minimum atomic E-state index is 0.320. The second kappa shape index (κ2) is 7.64. The van der Waals surface area contributed by atoms with Gasteiger partial charge < -0.3 is 9.84 Å². The van der Waals surface area contributed by atoms with Gasteiger partial charge in [-0.3, -0.25) is 9.88 Å². The molecular formula is C23H24N2O2S. The Morgan fingerprint density at radius 2 is 1.82 bits per heavy atom. The van der Waals surface area contributed by atoms with Crippen molar-refractivity contribution in [1.29, 1.82) is 0 Å². The molecule has 1 saturated heterocycles. The fourth-order valence-electron chi connectivity index (χ4n) is 4.63. The molecule has 1 unspecified atom stereocenters. The first-order chi connectivity index (χ1) is 13.7. The molecule has 3 aromatic rings. The molecule has 3 atom stereocenters. The number of thioether (sulfide) groups is 1. The number of likely N-dealkylation sites (tertiary alicyclic amines) is 1. The lowest BCUT2D eigenvalue weighted by Gasteiger charge is -2.20. The SMILES string of the molecule is Oc1ccc(SCN2C[C@H]3CC(Oc4cccc5cnccc45)C[C@H]3C2)cc1. The van der Waals surface area contributed by atoms with Gasteiger partial charge in [-0.15, -0.1) is 11.8 Å². The van der Waals surface area contributed by atoms with Gasteiger partial charge in [0.05, 0.1) is 6.10 Å². The fraction of sp³-hybridized carbons (Fsp3) is 0.348. The van der Waals surface area contributed by atoms with Crippen LogP contribution in [-0.2, 0) is 0 Å². The monoisotopic (exact) mass is 392 g/mol. The minimum absolute atomic E-state index is 0.320. The zero-order valence-corrected chi connectivity index (χ0v) is 16.5. The van der Waals surface area contributed by atoms with Gasteiger partial charge in [0.25, 0.3) is 0 Å². The molecule has 2 aromatic carbocycles. The summed E-state index contributed by atoms with van der Waals surface area (Å²) in [5.41, 5.74) is 0. The number of fused-ring (bicyclic) bond motifs is 2. The van der Waals surface area contributed by atoms with E-state index in [0.717, 1.165) is 60.2 Å². The number of rotatable bonds is 5. The van der Waals surface area contributed by atoms with Gasteiger partial charge in [0, 0.05) is 47.0 Å². The van der Waals surface area contributed by atoms with Crippen LogP contribution in [0.2, 0.25) is 0 Å². The van der Waals surface area contributed by atoms with Crippen molar-refractivity contribution in [1.82, 2.24) is 9.88 Å². The normalized spacial score (nSPS) is 24.5. The first-order valence-electron chi connectivity index (χ1n) is 9.88. The van der Waals surface area contributed by atoms with Crippen LogP contribution in [0.4, 0.5) is 0 Å². The van der Waals surface area contributed by atoms with Gasteiger partial charge in [0.2, 0.25) is 0 Å². The Labute approximate surface area is 169 Å². The molecule has 0 bridgehead atoms. The lowest BCUT2D eigenvalue weighted by Crippen LogP contribution is -2.24. The zero-order chi connectivity index (χ0) is 18.9. The van der Waals surface area contributed by atoms with Crippen LogP contribution in [0.3, 0.4) is 0 Å². The van der Waals surface area contributed by atoms with Crippen LogP contribution >= 0.6 is 11.8 Å². The highest BCUT2D eigenvalue weighted by Gasteiger charge is 2.41. The van der Waals surface area contributed by atoms with E-state index in [9.17, 15) is 5.11 Å². The molecule has 5 rings (SSSR count). The van der Waals surface area contributed by atoms with Crippen LogP contribution in [-0.4, -0.2) is 40.1 Å². The predicted molar refractivity (Wildman–Crippen MR) is 113 cm³/mol. The van der Waals surface area contributed by atoms with Crippen LogP contribution in [0.25, 0.3) is 10.8 Å². The lowest BCUT2D eigenvalue weighted by atomic mass is 10.0. The zero-order valence-electron chi connectivity index (χ0n) is 15.7. The summed E-state index contributed by atoms with van der Waals surface area (Å²) in [6.07, 6.45) is 6.34. The quantitative estimate of drug-likeness (QED) is 0.633. The van der Waals surface area contributed by atoms with Crippen molar-refractivity contribution in [2.75, 3.05) is 19.0 Å². The number of phenols is 1. The number of pyridine rings is 1. The largest absolute Gasteiger partial charge is 0.508 e. The number of phenolic OH excluding ortho intramolecular Hbond substituents is 1. The first-order valence-corrected chi connectivity index (χ1v) is 10.9. The van der Waals surface area contributed by atoms with Crippen LogP contribution in [0.1, 0.15) is 12.8 Å². The van der Waals surface area contributed by atoms with E-state index in [-0.39, 0.29) is 0 Å². The number of nitrogens with zero attached hydrogens (tertiary/aromatic N) is 2. The van der Waals surface area contributed by atoms with E-state index in [1.807, 2.05) is 42.4 Å². The van der Waals surface area contributed by atoms with Crippen molar-refractivity contribution in [3.05, 3.63) is 60.9 Å². The third-order valence-electron chi connectivity index (χ3n) is 5.97. The highest BCUT2D eigenvalue weighted by Crippen LogP contribution is 2.41. The van der Waals surface area contributed by atoms with Crippen LogP contribution in [0, 0.1) is 11.8 Å².